The van der Waals surface area contributed by atoms with E-state index in [1.54, 1.807) is 17.5 Å². The van der Waals surface area contributed by atoms with Gasteiger partial charge in [0.15, 0.2) is 0 Å². The Morgan fingerprint density at radius 2 is 2.10 bits per heavy atom. The van der Waals surface area contributed by atoms with Gasteiger partial charge in [-0.1, -0.05) is 12.1 Å². The largest absolute Gasteiger partial charge is 0.481 e. The van der Waals surface area contributed by atoms with E-state index in [0.717, 1.165) is 4.88 Å². The lowest BCUT2D eigenvalue weighted by Gasteiger charge is -2.15. The predicted molar refractivity (Wildman–Crippen MR) is 73.8 cm³/mol. The number of amides is 1. The molecule has 2 rings (SSSR count). The fraction of sp³-hybridized carbons (Fsp3) is 0.154. The first-order valence-corrected chi connectivity index (χ1v) is 6.69. The normalized spacial score (nSPS) is 11.8. The molecular formula is C13H12N2O4S. The number of aromatic nitrogens is 1. The summed E-state index contributed by atoms with van der Waals surface area (Å²) in [5, 5.41) is 13.3. The lowest BCUT2D eigenvalue weighted by Crippen LogP contribution is -2.31. The Morgan fingerprint density at radius 3 is 2.70 bits per heavy atom. The molecule has 1 unspecified atom stereocenters. The average molecular weight is 292 g/mol. The summed E-state index contributed by atoms with van der Waals surface area (Å²) >= 11 is 1.36. The molecule has 1 atom stereocenters. The molecule has 7 heteroatoms. The van der Waals surface area contributed by atoms with Crippen LogP contribution in [0.2, 0.25) is 0 Å². The van der Waals surface area contributed by atoms with Crippen molar-refractivity contribution in [3.05, 3.63) is 56.6 Å². The molecule has 0 radical (unpaired) electrons. The lowest BCUT2D eigenvalue weighted by molar-refractivity contribution is -0.137. The Labute approximate surface area is 118 Å². The van der Waals surface area contributed by atoms with Crippen molar-refractivity contribution in [1.82, 2.24) is 10.3 Å². The number of thiophene rings is 1. The summed E-state index contributed by atoms with van der Waals surface area (Å²) in [6.45, 7) is 0. The van der Waals surface area contributed by atoms with Gasteiger partial charge >= 0.3 is 5.97 Å². The van der Waals surface area contributed by atoms with Gasteiger partial charge in [-0.15, -0.1) is 11.3 Å². The van der Waals surface area contributed by atoms with Crippen molar-refractivity contribution in [3.8, 4) is 0 Å². The van der Waals surface area contributed by atoms with Gasteiger partial charge in [-0.05, 0) is 17.5 Å². The first kappa shape index (κ1) is 14.0. The van der Waals surface area contributed by atoms with Crippen LogP contribution in [-0.4, -0.2) is 22.0 Å². The Morgan fingerprint density at radius 1 is 1.30 bits per heavy atom. The minimum atomic E-state index is -1.01. The molecule has 0 fully saturated rings. The Bertz CT molecular complexity index is 663. The average Bonchev–Trinajstić information content (AvgIpc) is 2.91. The summed E-state index contributed by atoms with van der Waals surface area (Å²) in [7, 11) is 0. The van der Waals surface area contributed by atoms with Gasteiger partial charge in [0.05, 0.1) is 12.5 Å². The molecule has 0 bridgehead atoms. The minimum absolute atomic E-state index is 0.101. The molecule has 2 aromatic rings. The third-order valence-corrected chi connectivity index (χ3v) is 3.57. The predicted octanol–water partition coefficient (Wildman–Crippen LogP) is 1.38. The lowest BCUT2D eigenvalue weighted by atomic mass is 10.1. The van der Waals surface area contributed by atoms with Crippen molar-refractivity contribution in [2.75, 3.05) is 0 Å². The first-order chi connectivity index (χ1) is 9.56. The molecule has 0 saturated carbocycles. The number of carboxylic acids is 1. The third kappa shape index (κ3) is 3.55. The topological polar surface area (TPSA) is 99.3 Å². The maximum Gasteiger partial charge on any atom is 0.305 e. The Balaban J connectivity index is 2.17. The van der Waals surface area contributed by atoms with Crippen LogP contribution in [0.4, 0.5) is 0 Å². The zero-order valence-electron chi connectivity index (χ0n) is 10.3. The summed E-state index contributed by atoms with van der Waals surface area (Å²) in [5.41, 5.74) is -0.284. The van der Waals surface area contributed by atoms with Crippen molar-refractivity contribution in [2.45, 2.75) is 12.5 Å². The number of pyridine rings is 1. The third-order valence-electron chi connectivity index (χ3n) is 2.58. The van der Waals surface area contributed by atoms with Crippen molar-refractivity contribution in [2.24, 2.45) is 0 Å². The number of nitrogens with one attached hydrogen (secondary N) is 2. The van der Waals surface area contributed by atoms with Gasteiger partial charge in [0.2, 0.25) is 5.56 Å². The standard InChI is InChI=1S/C13H12N2O4S/c16-11-5-1-3-8(14-11)13(19)15-9(7-12(17)18)10-4-2-6-20-10/h1-6,9H,7H2,(H,14,16)(H,15,19)(H,17,18). The molecule has 6 nitrogen and oxygen atoms in total. The number of carbonyl (C=O) groups excluding carboxylic acids is 1. The van der Waals surface area contributed by atoms with Crippen LogP contribution in [0, 0.1) is 0 Å². The zero-order valence-corrected chi connectivity index (χ0v) is 11.1. The van der Waals surface area contributed by atoms with Gasteiger partial charge in [0.1, 0.15) is 5.69 Å². The zero-order chi connectivity index (χ0) is 14.5. The maximum absolute atomic E-state index is 12.0. The molecule has 3 N–H and O–H groups in total. The van der Waals surface area contributed by atoms with E-state index in [1.165, 1.54) is 29.5 Å². The number of carbonyl (C=O) groups is 2. The molecule has 20 heavy (non-hydrogen) atoms. The number of rotatable bonds is 5. The summed E-state index contributed by atoms with van der Waals surface area (Å²) < 4.78 is 0. The van der Waals surface area contributed by atoms with E-state index in [0.29, 0.717) is 0 Å². The second-order valence-corrected chi connectivity index (χ2v) is 5.05. The number of aliphatic carboxylic acids is 1. The molecule has 0 aliphatic heterocycles. The fourth-order valence-electron chi connectivity index (χ4n) is 1.70. The maximum atomic E-state index is 12.0. The second kappa shape index (κ2) is 6.16. The minimum Gasteiger partial charge on any atom is -0.481 e. The molecule has 2 aromatic heterocycles. The molecule has 0 spiro atoms. The number of hydrogen-bond donors (Lipinski definition) is 3. The van der Waals surface area contributed by atoms with E-state index in [1.807, 2.05) is 0 Å². The Hall–Kier alpha value is -2.41. The summed E-state index contributed by atoms with van der Waals surface area (Å²) in [6, 6.07) is 7.14. The molecule has 0 saturated heterocycles. The number of aromatic amines is 1. The summed E-state index contributed by atoms with van der Waals surface area (Å²) in [6.07, 6.45) is -0.219. The quantitative estimate of drug-likeness (QED) is 0.775. The van der Waals surface area contributed by atoms with Crippen LogP contribution >= 0.6 is 11.3 Å². The van der Waals surface area contributed by atoms with Gasteiger partial charge in [-0.2, -0.15) is 0 Å². The first-order valence-electron chi connectivity index (χ1n) is 5.81. The monoisotopic (exact) mass is 292 g/mol. The highest BCUT2D eigenvalue weighted by atomic mass is 32.1. The van der Waals surface area contributed by atoms with Gasteiger partial charge in [0, 0.05) is 10.9 Å². The van der Waals surface area contributed by atoms with Crippen molar-refractivity contribution < 1.29 is 14.7 Å². The molecule has 104 valence electrons. The van der Waals surface area contributed by atoms with Crippen molar-refractivity contribution >= 4 is 23.2 Å². The van der Waals surface area contributed by atoms with E-state index >= 15 is 0 Å². The highest BCUT2D eigenvalue weighted by molar-refractivity contribution is 7.10. The van der Waals surface area contributed by atoms with E-state index < -0.39 is 17.9 Å². The van der Waals surface area contributed by atoms with Gasteiger partial charge in [-0.25, -0.2) is 0 Å². The van der Waals surface area contributed by atoms with Crippen LogP contribution < -0.4 is 10.9 Å². The molecule has 0 aliphatic carbocycles. The number of H-pyrrole nitrogens is 1. The molecule has 0 aliphatic rings. The van der Waals surface area contributed by atoms with E-state index in [4.69, 9.17) is 5.11 Å². The van der Waals surface area contributed by atoms with E-state index in [-0.39, 0.29) is 17.7 Å². The van der Waals surface area contributed by atoms with Crippen molar-refractivity contribution in [1.29, 1.82) is 0 Å². The van der Waals surface area contributed by atoms with Gasteiger partial charge in [-0.3, -0.25) is 14.4 Å². The highest BCUT2D eigenvalue weighted by Crippen LogP contribution is 2.22. The van der Waals surface area contributed by atoms with Gasteiger partial charge < -0.3 is 15.4 Å². The van der Waals surface area contributed by atoms with Gasteiger partial charge in [0.25, 0.3) is 5.91 Å². The van der Waals surface area contributed by atoms with Crippen molar-refractivity contribution in [3.63, 3.8) is 0 Å². The van der Waals surface area contributed by atoms with Crippen LogP contribution in [0.3, 0.4) is 0 Å². The molecule has 2 heterocycles. The fourth-order valence-corrected chi connectivity index (χ4v) is 2.48. The van der Waals surface area contributed by atoms with Crippen LogP contribution in [0.1, 0.15) is 27.8 Å². The molecule has 1 amide bonds. The molecule has 0 aromatic carbocycles. The second-order valence-electron chi connectivity index (χ2n) is 4.07. The highest BCUT2D eigenvalue weighted by Gasteiger charge is 2.20. The smallest absolute Gasteiger partial charge is 0.305 e. The Kier molecular flexibility index (Phi) is 4.31. The van der Waals surface area contributed by atoms with Crippen LogP contribution in [0.5, 0.6) is 0 Å². The van der Waals surface area contributed by atoms with E-state index in [9.17, 15) is 14.4 Å². The SMILES string of the molecule is O=C(O)CC(NC(=O)c1cccc(=O)[nH]1)c1cccs1. The van der Waals surface area contributed by atoms with E-state index in [2.05, 4.69) is 10.3 Å². The van der Waals surface area contributed by atoms with Crippen LogP contribution in [-0.2, 0) is 4.79 Å². The summed E-state index contributed by atoms with van der Waals surface area (Å²) in [4.78, 5) is 37.2. The summed E-state index contributed by atoms with van der Waals surface area (Å²) in [5.74, 6) is -1.52. The number of hydrogen-bond acceptors (Lipinski definition) is 4. The van der Waals surface area contributed by atoms with Crippen LogP contribution in [0.25, 0.3) is 0 Å². The molecular weight excluding hydrogens is 280 g/mol. The number of carboxylic acid groups (broad SMARTS) is 1. The van der Waals surface area contributed by atoms with Crippen LogP contribution in [0.15, 0.2) is 40.5 Å².